The second kappa shape index (κ2) is 7.91. The Kier molecular flexibility index (Phi) is 7.12. The first-order valence-corrected chi connectivity index (χ1v) is 11.8. The molecule has 124 valence electrons. The molecule has 1 aliphatic carbocycles. The van der Waals surface area contributed by atoms with Crippen LogP contribution in [0.2, 0.25) is 18.1 Å². The van der Waals surface area contributed by atoms with E-state index in [0.717, 1.165) is 32.3 Å². The molecule has 1 rings (SSSR count). The second-order valence-corrected chi connectivity index (χ2v) is 13.1. The third-order valence-electron chi connectivity index (χ3n) is 5.62. The minimum absolute atomic E-state index is 0.277. The molecule has 0 spiro atoms. The first-order valence-electron chi connectivity index (χ1n) is 8.85. The fourth-order valence-corrected chi connectivity index (χ4v) is 4.08. The smallest absolute Gasteiger partial charge is 0.191 e. The average Bonchev–Trinajstić information content (AvgIpc) is 2.70. The SMILES string of the molecule is CCCCCC1C(=O)CCC1CCO[Si](C)(C)C(C)(C)C. The third kappa shape index (κ3) is 5.52. The first-order chi connectivity index (χ1) is 9.69. The van der Waals surface area contributed by atoms with E-state index >= 15 is 0 Å². The van der Waals surface area contributed by atoms with E-state index in [2.05, 4.69) is 40.8 Å². The summed E-state index contributed by atoms with van der Waals surface area (Å²) >= 11 is 0. The minimum Gasteiger partial charge on any atom is -0.417 e. The lowest BCUT2D eigenvalue weighted by Gasteiger charge is -2.36. The Morgan fingerprint density at radius 1 is 1.19 bits per heavy atom. The van der Waals surface area contributed by atoms with Crippen LogP contribution in [0.25, 0.3) is 0 Å². The molecule has 0 amide bonds. The molecule has 0 radical (unpaired) electrons. The van der Waals surface area contributed by atoms with E-state index in [1.54, 1.807) is 0 Å². The summed E-state index contributed by atoms with van der Waals surface area (Å²) in [6, 6.07) is 0. The minimum atomic E-state index is -1.63. The molecule has 0 aromatic heterocycles. The van der Waals surface area contributed by atoms with Crippen LogP contribution in [0.5, 0.6) is 0 Å². The Morgan fingerprint density at radius 2 is 1.86 bits per heavy atom. The Bertz CT molecular complexity index is 331. The van der Waals surface area contributed by atoms with E-state index in [9.17, 15) is 4.79 Å². The van der Waals surface area contributed by atoms with Gasteiger partial charge in [0.1, 0.15) is 5.78 Å². The first kappa shape index (κ1) is 18.9. The molecule has 0 aliphatic heterocycles. The van der Waals surface area contributed by atoms with Gasteiger partial charge in [-0.3, -0.25) is 4.79 Å². The molecule has 2 unspecified atom stereocenters. The van der Waals surface area contributed by atoms with Gasteiger partial charge in [0.15, 0.2) is 8.32 Å². The highest BCUT2D eigenvalue weighted by Gasteiger charge is 2.38. The topological polar surface area (TPSA) is 26.3 Å². The molecular formula is C18H36O2Si. The van der Waals surface area contributed by atoms with Crippen LogP contribution in [0, 0.1) is 11.8 Å². The number of carbonyl (C=O) groups excluding carboxylic acids is 1. The number of hydrogen-bond donors (Lipinski definition) is 0. The molecule has 0 aromatic rings. The molecular weight excluding hydrogens is 276 g/mol. The van der Waals surface area contributed by atoms with Gasteiger partial charge in [0.2, 0.25) is 0 Å². The molecule has 21 heavy (non-hydrogen) atoms. The van der Waals surface area contributed by atoms with Crippen LogP contribution in [0.3, 0.4) is 0 Å². The lowest BCUT2D eigenvalue weighted by atomic mass is 9.88. The zero-order valence-electron chi connectivity index (χ0n) is 15.1. The summed E-state index contributed by atoms with van der Waals surface area (Å²) < 4.78 is 6.29. The van der Waals surface area contributed by atoms with Gasteiger partial charge in [0.05, 0.1) is 0 Å². The highest BCUT2D eigenvalue weighted by Crippen LogP contribution is 2.38. The predicted octanol–water partition coefficient (Wildman–Crippen LogP) is 5.57. The summed E-state index contributed by atoms with van der Waals surface area (Å²) in [7, 11) is -1.63. The average molecular weight is 313 g/mol. The summed E-state index contributed by atoms with van der Waals surface area (Å²) in [5.41, 5.74) is 0. The fraction of sp³-hybridized carbons (Fsp3) is 0.944. The zero-order valence-corrected chi connectivity index (χ0v) is 16.1. The lowest BCUT2D eigenvalue weighted by molar-refractivity contribution is -0.121. The van der Waals surface area contributed by atoms with E-state index in [-0.39, 0.29) is 5.04 Å². The molecule has 1 aliphatic rings. The van der Waals surface area contributed by atoms with Crippen molar-refractivity contribution in [2.24, 2.45) is 11.8 Å². The lowest BCUT2D eigenvalue weighted by Crippen LogP contribution is -2.41. The zero-order chi connectivity index (χ0) is 16.1. The maximum Gasteiger partial charge on any atom is 0.191 e. The summed E-state index contributed by atoms with van der Waals surface area (Å²) in [5.74, 6) is 1.43. The maximum atomic E-state index is 12.1. The highest BCUT2D eigenvalue weighted by atomic mass is 28.4. The van der Waals surface area contributed by atoms with E-state index in [1.807, 2.05) is 0 Å². The molecule has 0 N–H and O–H groups in total. The standard InChI is InChI=1S/C18H36O2Si/c1-7-8-9-10-16-15(11-12-17(16)19)13-14-20-21(5,6)18(2,3)4/h15-16H,7-14H2,1-6H3. The maximum absolute atomic E-state index is 12.1. The molecule has 2 atom stereocenters. The normalized spacial score (nSPS) is 23.8. The largest absolute Gasteiger partial charge is 0.417 e. The second-order valence-electron chi connectivity index (χ2n) is 8.26. The third-order valence-corrected chi connectivity index (χ3v) is 10.2. The number of rotatable bonds is 8. The Labute approximate surface area is 133 Å². The molecule has 0 heterocycles. The quantitative estimate of drug-likeness (QED) is 0.432. The van der Waals surface area contributed by atoms with Gasteiger partial charge in [0.25, 0.3) is 0 Å². The highest BCUT2D eigenvalue weighted by molar-refractivity contribution is 6.74. The molecule has 2 nitrogen and oxygen atoms in total. The van der Waals surface area contributed by atoms with Crippen molar-refractivity contribution in [1.29, 1.82) is 0 Å². The summed E-state index contributed by atoms with van der Waals surface area (Å²) in [6.07, 6.45) is 7.80. The molecule has 3 heteroatoms. The van der Waals surface area contributed by atoms with Crippen molar-refractivity contribution >= 4 is 14.1 Å². The van der Waals surface area contributed by atoms with Gasteiger partial charge in [-0.1, -0.05) is 47.0 Å². The van der Waals surface area contributed by atoms with Gasteiger partial charge < -0.3 is 4.43 Å². The van der Waals surface area contributed by atoms with Gasteiger partial charge >= 0.3 is 0 Å². The van der Waals surface area contributed by atoms with Crippen LogP contribution in [0.15, 0.2) is 0 Å². The Morgan fingerprint density at radius 3 is 2.43 bits per heavy atom. The van der Waals surface area contributed by atoms with Crippen LogP contribution in [-0.2, 0) is 9.22 Å². The fourth-order valence-electron chi connectivity index (χ4n) is 3.02. The van der Waals surface area contributed by atoms with Crippen molar-refractivity contribution in [3.05, 3.63) is 0 Å². The van der Waals surface area contributed by atoms with E-state index in [4.69, 9.17) is 4.43 Å². The Hall–Kier alpha value is -0.153. The van der Waals surface area contributed by atoms with Gasteiger partial charge in [-0.2, -0.15) is 0 Å². The van der Waals surface area contributed by atoms with E-state index < -0.39 is 8.32 Å². The van der Waals surface area contributed by atoms with Crippen molar-refractivity contribution in [2.75, 3.05) is 6.61 Å². The van der Waals surface area contributed by atoms with Crippen molar-refractivity contribution in [3.63, 3.8) is 0 Å². The molecule has 1 fully saturated rings. The number of unbranched alkanes of at least 4 members (excludes halogenated alkanes) is 2. The monoisotopic (exact) mass is 312 g/mol. The van der Waals surface area contributed by atoms with Gasteiger partial charge in [-0.25, -0.2) is 0 Å². The number of Topliss-reactive ketones (excluding diaryl/α,β-unsaturated/α-hetero) is 1. The number of hydrogen-bond acceptors (Lipinski definition) is 2. The predicted molar refractivity (Wildman–Crippen MR) is 93.1 cm³/mol. The van der Waals surface area contributed by atoms with Crippen molar-refractivity contribution in [2.45, 2.75) is 90.8 Å². The van der Waals surface area contributed by atoms with Crippen LogP contribution in [-0.4, -0.2) is 20.7 Å². The van der Waals surface area contributed by atoms with Gasteiger partial charge in [0, 0.05) is 18.9 Å². The summed E-state index contributed by atoms with van der Waals surface area (Å²) in [5, 5.41) is 0.277. The van der Waals surface area contributed by atoms with Gasteiger partial charge in [-0.05, 0) is 43.3 Å². The van der Waals surface area contributed by atoms with Crippen LogP contribution in [0.1, 0.15) is 72.6 Å². The van der Waals surface area contributed by atoms with Crippen molar-refractivity contribution < 1.29 is 9.22 Å². The van der Waals surface area contributed by atoms with E-state index in [1.165, 1.54) is 19.3 Å². The van der Waals surface area contributed by atoms with Crippen LogP contribution in [0.4, 0.5) is 0 Å². The molecule has 0 bridgehead atoms. The number of ketones is 1. The Balaban J connectivity index is 2.41. The van der Waals surface area contributed by atoms with Crippen LogP contribution >= 0.6 is 0 Å². The summed E-state index contributed by atoms with van der Waals surface area (Å²) in [6.45, 7) is 14.5. The molecule has 0 saturated heterocycles. The van der Waals surface area contributed by atoms with Crippen molar-refractivity contribution in [3.8, 4) is 0 Å². The molecule has 0 aromatic carbocycles. The van der Waals surface area contributed by atoms with Crippen molar-refractivity contribution in [1.82, 2.24) is 0 Å². The van der Waals surface area contributed by atoms with Gasteiger partial charge in [-0.15, -0.1) is 0 Å². The molecule has 1 saturated carbocycles. The summed E-state index contributed by atoms with van der Waals surface area (Å²) in [4.78, 5) is 12.1. The number of carbonyl (C=O) groups is 1. The van der Waals surface area contributed by atoms with E-state index in [0.29, 0.717) is 17.6 Å². The van der Waals surface area contributed by atoms with Crippen LogP contribution < -0.4 is 0 Å².